The van der Waals surface area contributed by atoms with Gasteiger partial charge in [0.2, 0.25) is 0 Å². The van der Waals surface area contributed by atoms with Gasteiger partial charge in [-0.05, 0) is 17.7 Å². The molecule has 2 aromatic heterocycles. The highest BCUT2D eigenvalue weighted by Gasteiger charge is 2.23. The number of nitriles is 1. The summed E-state index contributed by atoms with van der Waals surface area (Å²) >= 11 is 1.26. The molecule has 0 unspecified atom stereocenters. The number of nitrogens with two attached hydrogens (primary N) is 1. The van der Waals surface area contributed by atoms with Gasteiger partial charge in [-0.2, -0.15) is 5.26 Å². The third-order valence-electron chi connectivity index (χ3n) is 3.90. The normalized spacial score (nSPS) is 14.4. The summed E-state index contributed by atoms with van der Waals surface area (Å²) in [6.45, 7) is 2.90. The van der Waals surface area contributed by atoms with Gasteiger partial charge in [-0.1, -0.05) is 11.3 Å². The zero-order valence-corrected chi connectivity index (χ0v) is 15.1. The van der Waals surface area contributed by atoms with Gasteiger partial charge in [0.25, 0.3) is 0 Å². The largest absolute Gasteiger partial charge is 0.418 e. The maximum atomic E-state index is 11.7. The van der Waals surface area contributed by atoms with Crippen molar-refractivity contribution in [1.82, 2.24) is 19.8 Å². The lowest BCUT2D eigenvalue weighted by atomic mass is 10.2. The van der Waals surface area contributed by atoms with Crippen LogP contribution in [0.3, 0.4) is 0 Å². The van der Waals surface area contributed by atoms with E-state index >= 15 is 0 Å². The molecule has 0 atom stereocenters. The highest BCUT2D eigenvalue weighted by Crippen LogP contribution is 2.21. The minimum atomic E-state index is -1.10. The highest BCUT2D eigenvalue weighted by molar-refractivity contribution is 7.16. The Morgan fingerprint density at radius 1 is 1.33 bits per heavy atom. The smallest absolute Gasteiger partial charge is 0.359 e. The van der Waals surface area contributed by atoms with E-state index in [1.165, 1.54) is 22.4 Å². The van der Waals surface area contributed by atoms with Gasteiger partial charge in [-0.15, -0.1) is 0 Å². The topological polar surface area (TPSA) is 137 Å². The number of hydrogen-bond donors (Lipinski definition) is 2. The molecule has 1 aliphatic rings. The Morgan fingerprint density at radius 3 is 2.78 bits per heavy atom. The number of anilines is 2. The summed E-state index contributed by atoms with van der Waals surface area (Å²) < 4.78 is 4.39. The van der Waals surface area contributed by atoms with E-state index < -0.39 is 12.2 Å². The second-order valence-electron chi connectivity index (χ2n) is 5.77. The molecule has 0 spiro atoms. The van der Waals surface area contributed by atoms with Gasteiger partial charge >= 0.3 is 12.2 Å². The van der Waals surface area contributed by atoms with Crippen molar-refractivity contribution < 1.29 is 14.3 Å². The summed E-state index contributed by atoms with van der Waals surface area (Å²) in [5.74, 6) is 0.648. The number of pyridine rings is 1. The zero-order valence-electron chi connectivity index (χ0n) is 14.3. The Hall–Kier alpha value is -3.23. The number of nitrogens with one attached hydrogen (secondary N) is 1. The standard InChI is InChI=1S/C16H17N7O3S/c17-8-12-9-20-15(27-12)21-13-7-11(1-2-19-13)10-22-3-5-23(6-4-22)16(25)26-14(18)24/h1-2,7,9H,3-6,10H2,(H2,18,24)(H,19,20,21). The van der Waals surface area contributed by atoms with E-state index in [0.717, 1.165) is 5.56 Å². The van der Waals surface area contributed by atoms with E-state index in [4.69, 9.17) is 11.0 Å². The number of carbonyl (C=O) groups is 2. The van der Waals surface area contributed by atoms with Crippen molar-refractivity contribution >= 4 is 34.5 Å². The molecule has 11 heteroatoms. The number of piperazine rings is 1. The van der Waals surface area contributed by atoms with E-state index in [1.54, 1.807) is 6.20 Å². The summed E-state index contributed by atoms with van der Waals surface area (Å²) in [5, 5.41) is 12.6. The molecule has 3 heterocycles. The van der Waals surface area contributed by atoms with E-state index in [2.05, 4.69) is 24.9 Å². The quantitative estimate of drug-likeness (QED) is 0.753. The second kappa shape index (κ2) is 8.43. The number of amides is 2. The molecule has 3 rings (SSSR count). The van der Waals surface area contributed by atoms with Crippen LogP contribution in [0.15, 0.2) is 24.5 Å². The van der Waals surface area contributed by atoms with Crippen molar-refractivity contribution in [2.75, 3.05) is 31.5 Å². The predicted molar refractivity (Wildman–Crippen MR) is 97.3 cm³/mol. The monoisotopic (exact) mass is 387 g/mol. The molecule has 0 aliphatic carbocycles. The number of primary amides is 1. The number of rotatable bonds is 4. The van der Waals surface area contributed by atoms with Crippen LogP contribution in [0.2, 0.25) is 0 Å². The number of carbonyl (C=O) groups excluding carboxylic acids is 2. The van der Waals surface area contributed by atoms with Gasteiger partial charge in [0.05, 0.1) is 6.20 Å². The van der Waals surface area contributed by atoms with Crippen molar-refractivity contribution in [2.24, 2.45) is 5.73 Å². The van der Waals surface area contributed by atoms with Gasteiger partial charge in [-0.25, -0.2) is 19.6 Å². The molecule has 10 nitrogen and oxygen atoms in total. The minimum absolute atomic E-state index is 0.457. The van der Waals surface area contributed by atoms with Gasteiger partial charge in [0, 0.05) is 38.9 Å². The first-order chi connectivity index (χ1) is 13.0. The van der Waals surface area contributed by atoms with Crippen molar-refractivity contribution in [2.45, 2.75) is 6.54 Å². The number of thiazole rings is 1. The van der Waals surface area contributed by atoms with Crippen LogP contribution in [0.1, 0.15) is 10.4 Å². The van der Waals surface area contributed by atoms with Crippen LogP contribution >= 0.6 is 11.3 Å². The molecule has 2 aromatic rings. The Kier molecular flexibility index (Phi) is 5.80. The number of aromatic nitrogens is 2. The maximum absolute atomic E-state index is 11.7. The Morgan fingerprint density at radius 2 is 2.11 bits per heavy atom. The zero-order chi connectivity index (χ0) is 19.2. The van der Waals surface area contributed by atoms with E-state index in [9.17, 15) is 9.59 Å². The fourth-order valence-corrected chi connectivity index (χ4v) is 3.25. The summed E-state index contributed by atoms with van der Waals surface area (Å²) in [7, 11) is 0. The predicted octanol–water partition coefficient (Wildman–Crippen LogP) is 1.49. The molecule has 1 fully saturated rings. The fraction of sp³-hybridized carbons (Fsp3) is 0.312. The fourth-order valence-electron chi connectivity index (χ4n) is 2.63. The average Bonchev–Trinajstić information content (AvgIpc) is 3.09. The van der Waals surface area contributed by atoms with Crippen LogP contribution in [-0.4, -0.2) is 58.1 Å². The first kappa shape index (κ1) is 18.6. The van der Waals surface area contributed by atoms with Gasteiger partial charge in [0.15, 0.2) is 5.13 Å². The van der Waals surface area contributed by atoms with E-state index in [-0.39, 0.29) is 0 Å². The maximum Gasteiger partial charge on any atom is 0.418 e. The molecular weight excluding hydrogens is 370 g/mol. The lowest BCUT2D eigenvalue weighted by Gasteiger charge is -2.33. The van der Waals surface area contributed by atoms with Gasteiger partial charge in [-0.3, -0.25) is 4.90 Å². The van der Waals surface area contributed by atoms with Crippen molar-refractivity contribution in [3.05, 3.63) is 35.0 Å². The molecule has 1 aliphatic heterocycles. The average molecular weight is 387 g/mol. The van der Waals surface area contributed by atoms with Crippen molar-refractivity contribution in [1.29, 1.82) is 5.26 Å². The number of hydrogen-bond acceptors (Lipinski definition) is 9. The van der Waals surface area contributed by atoms with Gasteiger partial charge in [0.1, 0.15) is 16.8 Å². The van der Waals surface area contributed by atoms with Crippen LogP contribution in [0, 0.1) is 11.3 Å². The van der Waals surface area contributed by atoms with Crippen molar-refractivity contribution in [3.8, 4) is 6.07 Å². The summed E-state index contributed by atoms with van der Waals surface area (Å²) in [4.78, 5) is 34.9. The lowest BCUT2D eigenvalue weighted by Crippen LogP contribution is -2.49. The Bertz CT molecular complexity index is 871. The van der Waals surface area contributed by atoms with E-state index in [0.29, 0.717) is 48.6 Å². The van der Waals surface area contributed by atoms with Crippen LogP contribution in [0.25, 0.3) is 0 Å². The molecule has 0 radical (unpaired) electrons. The van der Waals surface area contributed by atoms with Crippen molar-refractivity contribution in [3.63, 3.8) is 0 Å². The highest BCUT2D eigenvalue weighted by atomic mass is 32.1. The SMILES string of the molecule is N#Cc1cnc(Nc2cc(CN3CCN(C(=O)OC(N)=O)CC3)ccn2)s1. The molecule has 0 bridgehead atoms. The molecule has 2 amide bonds. The third kappa shape index (κ3) is 5.13. The minimum Gasteiger partial charge on any atom is -0.359 e. The van der Waals surface area contributed by atoms with Gasteiger partial charge < -0.3 is 20.7 Å². The summed E-state index contributed by atoms with van der Waals surface area (Å²) in [6.07, 6.45) is 1.41. The summed E-state index contributed by atoms with van der Waals surface area (Å²) in [6, 6.07) is 5.88. The Labute approximate surface area is 159 Å². The first-order valence-electron chi connectivity index (χ1n) is 8.10. The molecule has 27 heavy (non-hydrogen) atoms. The molecule has 3 N–H and O–H groups in total. The van der Waals surface area contributed by atoms with Crippen LogP contribution in [0.4, 0.5) is 20.5 Å². The molecular formula is C16H17N7O3S. The third-order valence-corrected chi connectivity index (χ3v) is 4.72. The molecule has 0 aromatic carbocycles. The Balaban J connectivity index is 1.54. The lowest BCUT2D eigenvalue weighted by molar-refractivity contribution is 0.0917. The second-order valence-corrected chi connectivity index (χ2v) is 6.80. The van der Waals surface area contributed by atoms with Crippen LogP contribution in [-0.2, 0) is 11.3 Å². The molecule has 140 valence electrons. The molecule has 0 saturated carbocycles. The van der Waals surface area contributed by atoms with Crippen LogP contribution in [0.5, 0.6) is 0 Å². The number of nitrogens with zero attached hydrogens (tertiary/aromatic N) is 5. The molecule has 1 saturated heterocycles. The van der Waals surface area contributed by atoms with E-state index in [1.807, 2.05) is 18.2 Å². The van der Waals surface area contributed by atoms with Crippen LogP contribution < -0.4 is 11.1 Å². The number of ether oxygens (including phenoxy) is 1. The summed E-state index contributed by atoms with van der Waals surface area (Å²) in [5.41, 5.74) is 5.91. The first-order valence-corrected chi connectivity index (χ1v) is 8.91.